The van der Waals surface area contributed by atoms with Crippen LogP contribution in [0.5, 0.6) is 0 Å². The molecule has 0 aromatic carbocycles. The molecule has 108 valence electrons. The molecule has 4 heteroatoms. The lowest BCUT2D eigenvalue weighted by Crippen LogP contribution is -2.46. The van der Waals surface area contributed by atoms with Gasteiger partial charge in [-0.15, -0.1) is 0 Å². The third kappa shape index (κ3) is 2.58. The van der Waals surface area contributed by atoms with Crippen molar-refractivity contribution in [2.75, 3.05) is 6.54 Å². The second-order valence-electron chi connectivity index (χ2n) is 5.69. The number of hydrogen-bond acceptors (Lipinski definition) is 3. The van der Waals surface area contributed by atoms with E-state index in [2.05, 4.69) is 27.4 Å². The Labute approximate surface area is 120 Å². The summed E-state index contributed by atoms with van der Waals surface area (Å²) in [7, 11) is 0. The predicted octanol–water partition coefficient (Wildman–Crippen LogP) is 2.46. The van der Waals surface area contributed by atoms with Gasteiger partial charge >= 0.3 is 0 Å². The Balaban J connectivity index is 1.81. The monoisotopic (exact) mass is 273 g/mol. The number of imidazole rings is 1. The van der Waals surface area contributed by atoms with Crippen LogP contribution in [0.25, 0.3) is 5.65 Å². The van der Waals surface area contributed by atoms with Gasteiger partial charge in [0.1, 0.15) is 5.65 Å². The summed E-state index contributed by atoms with van der Waals surface area (Å²) in [6, 6.07) is 6.37. The fourth-order valence-corrected chi connectivity index (χ4v) is 3.23. The van der Waals surface area contributed by atoms with Crippen LogP contribution in [0.2, 0.25) is 0 Å². The van der Waals surface area contributed by atoms with Crippen molar-refractivity contribution in [2.24, 2.45) is 0 Å². The summed E-state index contributed by atoms with van der Waals surface area (Å²) in [6.07, 6.45) is 8.19. The zero-order valence-corrected chi connectivity index (χ0v) is 12.1. The van der Waals surface area contributed by atoms with Crippen molar-refractivity contribution in [1.29, 1.82) is 0 Å². The van der Waals surface area contributed by atoms with Crippen molar-refractivity contribution >= 4 is 5.65 Å². The topological polar surface area (TPSA) is 40.8 Å². The fourth-order valence-electron chi connectivity index (χ4n) is 3.23. The van der Waals surface area contributed by atoms with Gasteiger partial charge in [-0.2, -0.15) is 0 Å². The largest absolute Gasteiger partial charge is 0.392 e. The van der Waals surface area contributed by atoms with E-state index in [1.165, 1.54) is 18.5 Å². The van der Waals surface area contributed by atoms with E-state index >= 15 is 0 Å². The maximum Gasteiger partial charge on any atom is 0.136 e. The van der Waals surface area contributed by atoms with Gasteiger partial charge in [0.2, 0.25) is 0 Å². The summed E-state index contributed by atoms with van der Waals surface area (Å²) >= 11 is 0. The first kappa shape index (κ1) is 13.6. The van der Waals surface area contributed by atoms with Gasteiger partial charge in [-0.05, 0) is 37.9 Å². The Morgan fingerprint density at radius 2 is 2.30 bits per heavy atom. The highest BCUT2D eigenvalue weighted by Crippen LogP contribution is 2.23. The molecule has 1 fully saturated rings. The number of piperidine rings is 1. The second kappa shape index (κ2) is 5.94. The SMILES string of the molecule is CCC(O)C1CCCCN1Cc1cnc2ccccn12. The first-order chi connectivity index (χ1) is 9.79. The van der Waals surface area contributed by atoms with Crippen LogP contribution in [0.4, 0.5) is 0 Å². The highest BCUT2D eigenvalue weighted by molar-refractivity contribution is 5.39. The average Bonchev–Trinajstić information content (AvgIpc) is 2.90. The Hall–Kier alpha value is -1.39. The summed E-state index contributed by atoms with van der Waals surface area (Å²) in [4.78, 5) is 6.87. The molecule has 0 bridgehead atoms. The van der Waals surface area contributed by atoms with Crippen molar-refractivity contribution in [3.63, 3.8) is 0 Å². The van der Waals surface area contributed by atoms with Gasteiger partial charge in [-0.25, -0.2) is 4.98 Å². The Morgan fingerprint density at radius 1 is 1.40 bits per heavy atom. The van der Waals surface area contributed by atoms with E-state index in [1.807, 2.05) is 24.4 Å². The van der Waals surface area contributed by atoms with Gasteiger partial charge in [0.05, 0.1) is 18.0 Å². The van der Waals surface area contributed by atoms with Gasteiger partial charge in [0.15, 0.2) is 0 Å². The van der Waals surface area contributed by atoms with Crippen LogP contribution in [-0.4, -0.2) is 38.1 Å². The van der Waals surface area contributed by atoms with Crippen LogP contribution >= 0.6 is 0 Å². The number of hydrogen-bond donors (Lipinski definition) is 1. The van der Waals surface area contributed by atoms with Gasteiger partial charge < -0.3 is 9.51 Å². The molecule has 0 radical (unpaired) electrons. The Morgan fingerprint density at radius 3 is 3.15 bits per heavy atom. The van der Waals surface area contributed by atoms with Crippen LogP contribution in [-0.2, 0) is 6.54 Å². The smallest absolute Gasteiger partial charge is 0.136 e. The van der Waals surface area contributed by atoms with Crippen LogP contribution < -0.4 is 0 Å². The quantitative estimate of drug-likeness (QED) is 0.930. The summed E-state index contributed by atoms with van der Waals surface area (Å²) in [5, 5.41) is 10.2. The number of aliphatic hydroxyl groups excluding tert-OH is 1. The molecular weight excluding hydrogens is 250 g/mol. The molecule has 0 spiro atoms. The van der Waals surface area contributed by atoms with Crippen molar-refractivity contribution in [3.05, 3.63) is 36.3 Å². The second-order valence-corrected chi connectivity index (χ2v) is 5.69. The molecule has 3 rings (SSSR count). The standard InChI is InChI=1S/C16H23N3O/c1-2-15(20)14-7-3-5-9-18(14)12-13-11-17-16-8-4-6-10-19(13)16/h4,6,8,10-11,14-15,20H,2-3,5,7,9,12H2,1H3. The summed E-state index contributed by atoms with van der Waals surface area (Å²) in [5.41, 5.74) is 2.20. The molecule has 2 aromatic heterocycles. The number of likely N-dealkylation sites (tertiary alicyclic amines) is 1. The van der Waals surface area contributed by atoms with Gasteiger partial charge in [0.25, 0.3) is 0 Å². The lowest BCUT2D eigenvalue weighted by Gasteiger charge is -2.38. The zero-order chi connectivity index (χ0) is 13.9. The maximum absolute atomic E-state index is 10.2. The first-order valence-corrected chi connectivity index (χ1v) is 7.62. The average molecular weight is 273 g/mol. The normalized spacial score (nSPS) is 22.2. The van der Waals surface area contributed by atoms with Crippen LogP contribution in [0, 0.1) is 0 Å². The number of pyridine rings is 1. The molecule has 1 N–H and O–H groups in total. The third-order valence-corrected chi connectivity index (χ3v) is 4.39. The Bertz CT molecular complexity index is 566. The number of aliphatic hydroxyl groups is 1. The molecule has 4 nitrogen and oxygen atoms in total. The van der Waals surface area contributed by atoms with E-state index in [9.17, 15) is 5.11 Å². The molecule has 0 saturated carbocycles. The maximum atomic E-state index is 10.2. The molecule has 0 aliphatic carbocycles. The van der Waals surface area contributed by atoms with Crippen molar-refractivity contribution in [2.45, 2.75) is 51.3 Å². The van der Waals surface area contributed by atoms with E-state index in [4.69, 9.17) is 0 Å². The number of rotatable bonds is 4. The molecule has 2 aromatic rings. The van der Waals surface area contributed by atoms with E-state index in [0.717, 1.165) is 31.6 Å². The first-order valence-electron chi connectivity index (χ1n) is 7.62. The van der Waals surface area contributed by atoms with Crippen LogP contribution in [0.15, 0.2) is 30.6 Å². The molecule has 3 heterocycles. The van der Waals surface area contributed by atoms with E-state index in [0.29, 0.717) is 6.04 Å². The van der Waals surface area contributed by atoms with E-state index < -0.39 is 0 Å². The van der Waals surface area contributed by atoms with Crippen molar-refractivity contribution in [1.82, 2.24) is 14.3 Å². The van der Waals surface area contributed by atoms with Gasteiger partial charge in [-0.3, -0.25) is 4.90 Å². The summed E-state index contributed by atoms with van der Waals surface area (Å²) < 4.78 is 2.14. The highest BCUT2D eigenvalue weighted by Gasteiger charge is 2.28. The van der Waals surface area contributed by atoms with E-state index in [1.54, 1.807) is 0 Å². The number of nitrogens with zero attached hydrogens (tertiary/aromatic N) is 3. The van der Waals surface area contributed by atoms with Crippen molar-refractivity contribution in [3.8, 4) is 0 Å². The third-order valence-electron chi connectivity index (χ3n) is 4.39. The summed E-state index contributed by atoms with van der Waals surface area (Å²) in [5.74, 6) is 0. The highest BCUT2D eigenvalue weighted by atomic mass is 16.3. The zero-order valence-electron chi connectivity index (χ0n) is 12.1. The minimum absolute atomic E-state index is 0.213. The molecular formula is C16H23N3O. The molecule has 20 heavy (non-hydrogen) atoms. The van der Waals surface area contributed by atoms with Crippen LogP contribution in [0.3, 0.4) is 0 Å². The predicted molar refractivity (Wildman–Crippen MR) is 79.5 cm³/mol. The fraction of sp³-hybridized carbons (Fsp3) is 0.562. The molecule has 1 aliphatic heterocycles. The minimum Gasteiger partial charge on any atom is -0.392 e. The van der Waals surface area contributed by atoms with Crippen LogP contribution in [0.1, 0.15) is 38.3 Å². The van der Waals surface area contributed by atoms with Crippen molar-refractivity contribution < 1.29 is 5.11 Å². The van der Waals surface area contributed by atoms with Gasteiger partial charge in [-0.1, -0.05) is 19.4 Å². The lowest BCUT2D eigenvalue weighted by atomic mass is 9.96. The Kier molecular flexibility index (Phi) is 4.03. The number of aromatic nitrogens is 2. The molecule has 2 unspecified atom stereocenters. The number of fused-ring (bicyclic) bond motifs is 1. The molecule has 2 atom stereocenters. The van der Waals surface area contributed by atoms with E-state index in [-0.39, 0.29) is 6.10 Å². The lowest BCUT2D eigenvalue weighted by molar-refractivity contribution is 0.0188. The minimum atomic E-state index is -0.213. The summed E-state index contributed by atoms with van der Waals surface area (Å²) in [6.45, 7) is 4.00. The molecule has 0 amide bonds. The molecule has 1 aliphatic rings. The van der Waals surface area contributed by atoms with Gasteiger partial charge in [0, 0.05) is 18.8 Å². The molecule has 1 saturated heterocycles.